The quantitative estimate of drug-likeness (QED) is 0.758. The number of amides is 1. The molecule has 1 aliphatic rings. The molecule has 2 aromatic heterocycles. The van der Waals surface area contributed by atoms with E-state index in [9.17, 15) is 4.79 Å². The molecule has 0 bridgehead atoms. The smallest absolute Gasteiger partial charge is 0.251 e. The maximum Gasteiger partial charge on any atom is 0.251 e. The maximum absolute atomic E-state index is 12.9. The van der Waals surface area contributed by atoms with Crippen molar-refractivity contribution in [2.24, 2.45) is 0 Å². The summed E-state index contributed by atoms with van der Waals surface area (Å²) in [5.41, 5.74) is 5.94. The molecule has 0 spiro atoms. The van der Waals surface area contributed by atoms with Crippen molar-refractivity contribution in [3.8, 4) is 0 Å². The highest BCUT2D eigenvalue weighted by Crippen LogP contribution is 2.28. The van der Waals surface area contributed by atoms with E-state index in [-0.39, 0.29) is 11.9 Å². The summed E-state index contributed by atoms with van der Waals surface area (Å²) in [5, 5.41) is 7.68. The Morgan fingerprint density at radius 1 is 1.25 bits per heavy atom. The van der Waals surface area contributed by atoms with Crippen molar-refractivity contribution in [2.45, 2.75) is 52.6 Å². The molecule has 1 amide bonds. The molecule has 1 unspecified atom stereocenters. The predicted octanol–water partition coefficient (Wildman–Crippen LogP) is 3.45. The lowest BCUT2D eigenvalue weighted by molar-refractivity contribution is 0.0932. The van der Waals surface area contributed by atoms with Gasteiger partial charge in [0.2, 0.25) is 0 Å². The standard InChI is InChI=1S/C22H25N5O/c1-14-10-15(2)27(26-14)13-17-6-4-7-18(11-17)22(28)25-21-9-5-8-20-19(21)12-23-16(3)24-20/h4,6-7,10-12,21H,5,8-9,13H2,1-3H3,(H,25,28). The summed E-state index contributed by atoms with van der Waals surface area (Å²) in [6, 6.07) is 9.78. The summed E-state index contributed by atoms with van der Waals surface area (Å²) < 4.78 is 1.96. The fourth-order valence-electron chi connectivity index (χ4n) is 3.86. The molecule has 3 aromatic rings. The van der Waals surface area contributed by atoms with Crippen LogP contribution in [0.15, 0.2) is 36.5 Å². The van der Waals surface area contributed by atoms with Gasteiger partial charge in [0.25, 0.3) is 5.91 Å². The molecule has 1 N–H and O–H groups in total. The number of nitrogens with one attached hydrogen (secondary N) is 1. The van der Waals surface area contributed by atoms with Crippen LogP contribution in [0.25, 0.3) is 0 Å². The van der Waals surface area contributed by atoms with Gasteiger partial charge in [-0.05, 0) is 63.8 Å². The van der Waals surface area contributed by atoms with Crippen LogP contribution in [0.4, 0.5) is 0 Å². The Bertz CT molecular complexity index is 1020. The highest BCUT2D eigenvalue weighted by atomic mass is 16.1. The Balaban J connectivity index is 1.51. The first-order valence-electron chi connectivity index (χ1n) is 9.73. The van der Waals surface area contributed by atoms with E-state index < -0.39 is 0 Å². The van der Waals surface area contributed by atoms with Gasteiger partial charge in [0.1, 0.15) is 5.82 Å². The van der Waals surface area contributed by atoms with Gasteiger partial charge in [-0.15, -0.1) is 0 Å². The third-order valence-corrected chi connectivity index (χ3v) is 5.23. The molecule has 6 nitrogen and oxygen atoms in total. The zero-order valence-electron chi connectivity index (χ0n) is 16.6. The second-order valence-electron chi connectivity index (χ2n) is 7.52. The van der Waals surface area contributed by atoms with Crippen LogP contribution in [-0.2, 0) is 13.0 Å². The number of aryl methyl sites for hydroxylation is 4. The summed E-state index contributed by atoms with van der Waals surface area (Å²) in [6.07, 6.45) is 4.74. The Morgan fingerprint density at radius 2 is 2.11 bits per heavy atom. The van der Waals surface area contributed by atoms with Crippen molar-refractivity contribution >= 4 is 5.91 Å². The molecule has 0 aliphatic heterocycles. The van der Waals surface area contributed by atoms with E-state index in [1.807, 2.05) is 55.9 Å². The van der Waals surface area contributed by atoms with Gasteiger partial charge < -0.3 is 5.32 Å². The first-order valence-corrected chi connectivity index (χ1v) is 9.73. The number of fused-ring (bicyclic) bond motifs is 1. The molecule has 28 heavy (non-hydrogen) atoms. The van der Waals surface area contributed by atoms with Crippen molar-refractivity contribution in [3.63, 3.8) is 0 Å². The van der Waals surface area contributed by atoms with Gasteiger partial charge in [-0.1, -0.05) is 12.1 Å². The van der Waals surface area contributed by atoms with Crippen LogP contribution in [-0.4, -0.2) is 25.7 Å². The van der Waals surface area contributed by atoms with Crippen molar-refractivity contribution in [2.75, 3.05) is 0 Å². The number of carbonyl (C=O) groups excluding carboxylic acids is 1. The monoisotopic (exact) mass is 375 g/mol. The molecule has 1 atom stereocenters. The molecular weight excluding hydrogens is 350 g/mol. The molecule has 1 aliphatic carbocycles. The summed E-state index contributed by atoms with van der Waals surface area (Å²) >= 11 is 0. The molecule has 144 valence electrons. The molecular formula is C22H25N5O. The van der Waals surface area contributed by atoms with Crippen molar-refractivity contribution in [1.29, 1.82) is 0 Å². The average Bonchev–Trinajstić information content (AvgIpc) is 2.98. The third kappa shape index (κ3) is 3.81. The van der Waals surface area contributed by atoms with Gasteiger partial charge in [0, 0.05) is 28.7 Å². The third-order valence-electron chi connectivity index (χ3n) is 5.23. The van der Waals surface area contributed by atoms with E-state index in [2.05, 4.69) is 26.4 Å². The number of rotatable bonds is 4. The Kier molecular flexibility index (Phi) is 4.94. The lowest BCUT2D eigenvalue weighted by atomic mass is 9.92. The summed E-state index contributed by atoms with van der Waals surface area (Å²) in [7, 11) is 0. The lowest BCUT2D eigenvalue weighted by Gasteiger charge is -2.25. The molecule has 6 heteroatoms. The van der Waals surface area contributed by atoms with E-state index >= 15 is 0 Å². The van der Waals surface area contributed by atoms with Crippen LogP contribution in [0.2, 0.25) is 0 Å². The number of hydrogen-bond donors (Lipinski definition) is 1. The highest BCUT2D eigenvalue weighted by Gasteiger charge is 2.24. The number of aromatic nitrogens is 4. The second-order valence-corrected chi connectivity index (χ2v) is 7.52. The summed E-state index contributed by atoms with van der Waals surface area (Å²) in [6.45, 7) is 6.58. The summed E-state index contributed by atoms with van der Waals surface area (Å²) in [4.78, 5) is 21.8. The molecule has 2 heterocycles. The van der Waals surface area contributed by atoms with E-state index in [1.54, 1.807) is 0 Å². The SMILES string of the molecule is Cc1cc(C)n(Cc2cccc(C(=O)NC3CCCc4nc(C)ncc43)c2)n1. The van der Waals surface area contributed by atoms with E-state index in [0.29, 0.717) is 12.1 Å². The minimum atomic E-state index is -0.0614. The van der Waals surface area contributed by atoms with Gasteiger partial charge in [0.15, 0.2) is 0 Å². The summed E-state index contributed by atoms with van der Waals surface area (Å²) in [5.74, 6) is 0.719. The lowest BCUT2D eigenvalue weighted by Crippen LogP contribution is -2.31. The Labute approximate surface area is 165 Å². The van der Waals surface area contributed by atoms with Crippen LogP contribution in [0, 0.1) is 20.8 Å². The second kappa shape index (κ2) is 7.54. The van der Waals surface area contributed by atoms with Crippen LogP contribution >= 0.6 is 0 Å². The van der Waals surface area contributed by atoms with Crippen LogP contribution in [0.1, 0.15) is 63.3 Å². The van der Waals surface area contributed by atoms with Crippen molar-refractivity contribution < 1.29 is 4.79 Å². The van der Waals surface area contributed by atoms with Crippen molar-refractivity contribution in [1.82, 2.24) is 25.1 Å². The van der Waals surface area contributed by atoms with Gasteiger partial charge in [-0.2, -0.15) is 5.10 Å². The topological polar surface area (TPSA) is 72.7 Å². The van der Waals surface area contributed by atoms with Crippen molar-refractivity contribution in [3.05, 3.63) is 76.1 Å². The molecule has 0 fully saturated rings. The molecule has 1 aromatic carbocycles. The normalized spacial score (nSPS) is 15.9. The van der Waals surface area contributed by atoms with Gasteiger partial charge >= 0.3 is 0 Å². The highest BCUT2D eigenvalue weighted by molar-refractivity contribution is 5.94. The van der Waals surface area contributed by atoms with Crippen LogP contribution in [0.5, 0.6) is 0 Å². The Hall–Kier alpha value is -3.02. The zero-order valence-corrected chi connectivity index (χ0v) is 16.6. The minimum absolute atomic E-state index is 0.0310. The van der Waals surface area contributed by atoms with Crippen LogP contribution in [0.3, 0.4) is 0 Å². The van der Waals surface area contributed by atoms with E-state index in [1.165, 1.54) is 0 Å². The zero-order chi connectivity index (χ0) is 19.7. The minimum Gasteiger partial charge on any atom is -0.345 e. The first kappa shape index (κ1) is 18.3. The fraction of sp³-hybridized carbons (Fsp3) is 0.364. The maximum atomic E-state index is 12.9. The predicted molar refractivity (Wildman–Crippen MR) is 107 cm³/mol. The Morgan fingerprint density at radius 3 is 2.89 bits per heavy atom. The first-order chi connectivity index (χ1) is 13.5. The number of nitrogens with zero attached hydrogens (tertiary/aromatic N) is 4. The van der Waals surface area contributed by atoms with E-state index in [4.69, 9.17) is 0 Å². The van der Waals surface area contributed by atoms with Gasteiger partial charge in [0.05, 0.1) is 18.3 Å². The molecule has 0 saturated carbocycles. The van der Waals surface area contributed by atoms with Gasteiger partial charge in [-0.25, -0.2) is 9.97 Å². The van der Waals surface area contributed by atoms with Crippen LogP contribution < -0.4 is 5.32 Å². The fourth-order valence-corrected chi connectivity index (χ4v) is 3.86. The molecule has 0 radical (unpaired) electrons. The molecule has 4 rings (SSSR count). The van der Waals surface area contributed by atoms with Gasteiger partial charge in [-0.3, -0.25) is 9.48 Å². The largest absolute Gasteiger partial charge is 0.345 e. The number of carbonyl (C=O) groups is 1. The average molecular weight is 375 g/mol. The number of benzene rings is 1. The number of hydrogen-bond acceptors (Lipinski definition) is 4. The molecule has 0 saturated heterocycles. The van der Waals surface area contributed by atoms with E-state index in [0.717, 1.165) is 53.3 Å².